The first-order valence-corrected chi connectivity index (χ1v) is 12.7. The Morgan fingerprint density at radius 1 is 1.10 bits per heavy atom. The first-order valence-electron chi connectivity index (χ1n) is 9.61. The zero-order chi connectivity index (χ0) is 22.2. The van der Waals surface area contributed by atoms with Crippen LogP contribution in [0.25, 0.3) is 0 Å². The van der Waals surface area contributed by atoms with E-state index in [1.54, 1.807) is 54.6 Å². The van der Waals surface area contributed by atoms with Crippen molar-refractivity contribution >= 4 is 43.3 Å². The lowest BCUT2D eigenvalue weighted by molar-refractivity contribution is -0.133. The number of benzene rings is 2. The number of thiophene rings is 1. The first kappa shape index (κ1) is 22.0. The van der Waals surface area contributed by atoms with E-state index in [1.165, 1.54) is 15.6 Å². The molecule has 1 aliphatic rings. The molecule has 160 valence electrons. The van der Waals surface area contributed by atoms with Crippen LogP contribution in [0.5, 0.6) is 0 Å². The van der Waals surface area contributed by atoms with Crippen LogP contribution in [0.3, 0.4) is 0 Å². The highest BCUT2D eigenvalue weighted by atomic mass is 79.9. The minimum Gasteiger partial charge on any atom is -0.478 e. The van der Waals surface area contributed by atoms with Gasteiger partial charge >= 0.3 is 5.97 Å². The summed E-state index contributed by atoms with van der Waals surface area (Å²) in [6.45, 7) is 1.89. The van der Waals surface area contributed by atoms with Crippen molar-refractivity contribution in [1.29, 1.82) is 0 Å². The normalized spacial score (nSPS) is 19.7. The van der Waals surface area contributed by atoms with Crippen molar-refractivity contribution in [2.24, 2.45) is 0 Å². The number of hydrogen-bond acceptors (Lipinski definition) is 4. The largest absolute Gasteiger partial charge is 0.478 e. The summed E-state index contributed by atoms with van der Waals surface area (Å²) in [6, 6.07) is 16.1. The van der Waals surface area contributed by atoms with Crippen molar-refractivity contribution < 1.29 is 18.3 Å². The second-order valence-electron chi connectivity index (χ2n) is 7.33. The number of aryl methyl sites for hydroxylation is 1. The molecule has 0 amide bonds. The van der Waals surface area contributed by atoms with Gasteiger partial charge in [-0.3, -0.25) is 0 Å². The Kier molecular flexibility index (Phi) is 6.16. The Labute approximate surface area is 193 Å². The molecule has 0 fully saturated rings. The second kappa shape index (κ2) is 8.70. The van der Waals surface area contributed by atoms with Crippen LogP contribution in [0.15, 0.2) is 87.1 Å². The van der Waals surface area contributed by atoms with Gasteiger partial charge in [0.1, 0.15) is 0 Å². The van der Waals surface area contributed by atoms with E-state index in [-0.39, 0.29) is 10.5 Å². The van der Waals surface area contributed by atoms with Gasteiger partial charge in [-0.05, 0) is 54.6 Å². The first-order chi connectivity index (χ1) is 14.8. The summed E-state index contributed by atoms with van der Waals surface area (Å²) in [5.41, 5.74) is 1.61. The van der Waals surface area contributed by atoms with Gasteiger partial charge in [0.25, 0.3) is 0 Å². The van der Waals surface area contributed by atoms with Crippen LogP contribution >= 0.6 is 27.3 Å². The van der Waals surface area contributed by atoms with Crippen molar-refractivity contribution in [3.8, 4) is 0 Å². The van der Waals surface area contributed by atoms with Crippen LogP contribution in [-0.4, -0.2) is 23.8 Å². The topological polar surface area (TPSA) is 74.7 Å². The molecular formula is C23H20BrNO4S2. The minimum atomic E-state index is -4.00. The van der Waals surface area contributed by atoms with Gasteiger partial charge in [-0.15, -0.1) is 11.3 Å². The molecular weight excluding hydrogens is 498 g/mol. The maximum atomic E-state index is 13.9. The number of carboxylic acid groups (broad SMARTS) is 1. The molecule has 3 aromatic rings. The molecule has 4 rings (SSSR count). The molecule has 0 radical (unpaired) electrons. The monoisotopic (exact) mass is 517 g/mol. The van der Waals surface area contributed by atoms with Crippen LogP contribution in [0, 0.1) is 6.92 Å². The minimum absolute atomic E-state index is 0.0609. The van der Waals surface area contributed by atoms with Gasteiger partial charge in [-0.2, -0.15) is 4.31 Å². The molecule has 8 heteroatoms. The van der Waals surface area contributed by atoms with E-state index >= 15 is 0 Å². The summed E-state index contributed by atoms with van der Waals surface area (Å²) in [4.78, 5) is 13.2. The van der Waals surface area contributed by atoms with E-state index in [0.717, 1.165) is 14.9 Å². The fourth-order valence-corrected chi connectivity index (χ4v) is 6.75. The standard InChI is InChI=1S/C23H20BrNO4S2/c1-15-4-10-18(11-5-15)31(28,29)25-20(21-3-2-14-30-21)13-12-19(23(26)27)22(25)16-6-8-17(24)9-7-16/h2-12,14,20,22H,13H2,1H3,(H,26,27)/t20-,22-/m0/s1. The molecule has 0 saturated carbocycles. The highest BCUT2D eigenvalue weighted by Crippen LogP contribution is 2.46. The van der Waals surface area contributed by atoms with Crippen LogP contribution in [0.2, 0.25) is 0 Å². The Morgan fingerprint density at radius 3 is 2.35 bits per heavy atom. The molecule has 1 aromatic heterocycles. The highest BCUT2D eigenvalue weighted by molar-refractivity contribution is 9.10. The average Bonchev–Trinajstić information content (AvgIpc) is 3.28. The Balaban J connectivity index is 1.95. The quantitative estimate of drug-likeness (QED) is 0.470. The fraction of sp³-hybridized carbons (Fsp3) is 0.174. The zero-order valence-electron chi connectivity index (χ0n) is 16.6. The molecule has 1 aliphatic heterocycles. The second-order valence-corrected chi connectivity index (χ2v) is 11.1. The third kappa shape index (κ3) is 4.25. The van der Waals surface area contributed by atoms with Crippen molar-refractivity contribution in [2.75, 3.05) is 0 Å². The van der Waals surface area contributed by atoms with Crippen molar-refractivity contribution in [1.82, 2.24) is 4.31 Å². The number of carbonyl (C=O) groups is 1. The number of halogens is 1. The summed E-state index contributed by atoms with van der Waals surface area (Å²) < 4.78 is 30.0. The SMILES string of the molecule is Cc1ccc(S(=O)(=O)N2[C@@H](c3ccc(Br)cc3)C(C(=O)O)=CC[C@H]2c2cccs2)cc1. The molecule has 5 nitrogen and oxygen atoms in total. The molecule has 0 aliphatic carbocycles. The molecule has 0 bridgehead atoms. The molecule has 0 saturated heterocycles. The van der Waals surface area contributed by atoms with Gasteiger partial charge in [-0.25, -0.2) is 13.2 Å². The molecule has 0 spiro atoms. The van der Waals surface area contributed by atoms with E-state index in [2.05, 4.69) is 15.9 Å². The fourth-order valence-electron chi connectivity index (χ4n) is 3.81. The predicted octanol–water partition coefficient (Wildman–Crippen LogP) is 5.71. The van der Waals surface area contributed by atoms with E-state index in [9.17, 15) is 18.3 Å². The van der Waals surface area contributed by atoms with Gasteiger partial charge in [-0.1, -0.05) is 57.9 Å². The van der Waals surface area contributed by atoms with Gasteiger partial charge < -0.3 is 5.11 Å². The van der Waals surface area contributed by atoms with Crippen LogP contribution in [0.4, 0.5) is 0 Å². The van der Waals surface area contributed by atoms with Crippen molar-refractivity contribution in [2.45, 2.75) is 30.3 Å². The molecule has 2 aromatic carbocycles. The van der Waals surface area contributed by atoms with Gasteiger partial charge in [0.2, 0.25) is 10.0 Å². The third-order valence-electron chi connectivity index (χ3n) is 5.32. The van der Waals surface area contributed by atoms with Gasteiger partial charge in [0, 0.05) is 9.35 Å². The van der Waals surface area contributed by atoms with Crippen molar-refractivity contribution in [3.05, 3.63) is 98.2 Å². The summed E-state index contributed by atoms with van der Waals surface area (Å²) in [5, 5.41) is 11.8. The number of carboxylic acids is 1. The van der Waals surface area contributed by atoms with E-state index in [1.807, 2.05) is 24.4 Å². The Hall–Kier alpha value is -2.26. The smallest absolute Gasteiger partial charge is 0.333 e. The van der Waals surface area contributed by atoms with Crippen LogP contribution in [0.1, 0.15) is 34.5 Å². The summed E-state index contributed by atoms with van der Waals surface area (Å²) >= 11 is 4.86. The van der Waals surface area contributed by atoms with E-state index < -0.39 is 28.1 Å². The summed E-state index contributed by atoms with van der Waals surface area (Å²) in [6.07, 6.45) is 1.95. The van der Waals surface area contributed by atoms with Crippen LogP contribution < -0.4 is 0 Å². The maximum absolute atomic E-state index is 13.9. The summed E-state index contributed by atoms with van der Waals surface area (Å²) in [7, 11) is -4.00. The average molecular weight is 518 g/mol. The third-order valence-corrected chi connectivity index (χ3v) is 8.71. The lowest BCUT2D eigenvalue weighted by atomic mass is 9.91. The highest BCUT2D eigenvalue weighted by Gasteiger charge is 2.44. The van der Waals surface area contributed by atoms with Crippen molar-refractivity contribution in [3.63, 3.8) is 0 Å². The molecule has 2 atom stereocenters. The molecule has 1 N–H and O–H groups in total. The maximum Gasteiger partial charge on any atom is 0.333 e. The lowest BCUT2D eigenvalue weighted by Crippen LogP contribution is -2.42. The lowest BCUT2D eigenvalue weighted by Gasteiger charge is -2.40. The molecule has 31 heavy (non-hydrogen) atoms. The van der Waals surface area contributed by atoms with Gasteiger partial charge in [0.05, 0.1) is 22.6 Å². The number of hydrogen-bond donors (Lipinski definition) is 1. The van der Waals surface area contributed by atoms with Gasteiger partial charge in [0.15, 0.2) is 0 Å². The predicted molar refractivity (Wildman–Crippen MR) is 124 cm³/mol. The van der Waals surface area contributed by atoms with E-state index in [4.69, 9.17) is 0 Å². The molecule has 0 unspecified atom stereocenters. The Morgan fingerprint density at radius 2 is 1.77 bits per heavy atom. The van der Waals surface area contributed by atoms with Crippen LogP contribution in [-0.2, 0) is 14.8 Å². The number of aliphatic carboxylic acids is 1. The Bertz CT molecular complexity index is 1220. The number of sulfonamides is 1. The number of nitrogens with zero attached hydrogens (tertiary/aromatic N) is 1. The van der Waals surface area contributed by atoms with E-state index in [0.29, 0.717) is 12.0 Å². The zero-order valence-corrected chi connectivity index (χ0v) is 19.8. The summed E-state index contributed by atoms with van der Waals surface area (Å²) in [5.74, 6) is -1.12. The number of rotatable bonds is 5. The molecule has 2 heterocycles.